The van der Waals surface area contributed by atoms with Gasteiger partial charge < -0.3 is 10.1 Å². The summed E-state index contributed by atoms with van der Waals surface area (Å²) in [5, 5.41) is 3.00. The number of benzene rings is 2. The summed E-state index contributed by atoms with van der Waals surface area (Å²) in [6, 6.07) is 11.2. The molecular formula is C17H15ClFNO2. The number of ether oxygens (including phenoxy) is 1. The van der Waals surface area contributed by atoms with E-state index in [0.29, 0.717) is 28.6 Å². The molecule has 0 aromatic heterocycles. The van der Waals surface area contributed by atoms with Gasteiger partial charge in [-0.2, -0.15) is 0 Å². The SMILES string of the molecule is C=CCOc1ccc(NC(=O)Cc2ccc(Cl)cc2F)cc1. The predicted molar refractivity (Wildman–Crippen MR) is 85.9 cm³/mol. The molecule has 2 aromatic rings. The lowest BCUT2D eigenvalue weighted by molar-refractivity contribution is -0.115. The number of nitrogens with one attached hydrogen (secondary N) is 1. The molecule has 3 nitrogen and oxygen atoms in total. The Labute approximate surface area is 133 Å². The summed E-state index contributed by atoms with van der Waals surface area (Å²) in [6.45, 7) is 3.98. The lowest BCUT2D eigenvalue weighted by atomic mass is 10.1. The van der Waals surface area contributed by atoms with Crippen molar-refractivity contribution in [3.63, 3.8) is 0 Å². The van der Waals surface area contributed by atoms with E-state index < -0.39 is 5.82 Å². The fourth-order valence-corrected chi connectivity index (χ4v) is 1.99. The van der Waals surface area contributed by atoms with Crippen LogP contribution in [-0.2, 0) is 11.2 Å². The lowest BCUT2D eigenvalue weighted by Crippen LogP contribution is -2.15. The van der Waals surface area contributed by atoms with E-state index in [0.717, 1.165) is 0 Å². The Balaban J connectivity index is 1.95. The van der Waals surface area contributed by atoms with Gasteiger partial charge in [0.05, 0.1) is 6.42 Å². The fourth-order valence-electron chi connectivity index (χ4n) is 1.83. The molecule has 0 unspecified atom stereocenters. The van der Waals surface area contributed by atoms with Crippen molar-refractivity contribution in [2.45, 2.75) is 6.42 Å². The molecule has 0 saturated heterocycles. The molecule has 2 rings (SSSR count). The molecule has 0 fully saturated rings. The monoisotopic (exact) mass is 319 g/mol. The molecule has 114 valence electrons. The third kappa shape index (κ3) is 4.60. The first-order chi connectivity index (χ1) is 10.6. The van der Waals surface area contributed by atoms with E-state index in [4.69, 9.17) is 16.3 Å². The highest BCUT2D eigenvalue weighted by atomic mass is 35.5. The smallest absolute Gasteiger partial charge is 0.228 e. The number of carbonyl (C=O) groups is 1. The predicted octanol–water partition coefficient (Wildman–Crippen LogP) is 4.23. The second-order valence-electron chi connectivity index (χ2n) is 4.58. The van der Waals surface area contributed by atoms with E-state index in [2.05, 4.69) is 11.9 Å². The first-order valence-electron chi connectivity index (χ1n) is 6.66. The molecule has 1 N–H and O–H groups in total. The van der Waals surface area contributed by atoms with Crippen LogP contribution in [0, 0.1) is 5.82 Å². The highest BCUT2D eigenvalue weighted by molar-refractivity contribution is 6.30. The lowest BCUT2D eigenvalue weighted by Gasteiger charge is -2.08. The van der Waals surface area contributed by atoms with Crippen molar-refractivity contribution < 1.29 is 13.9 Å². The van der Waals surface area contributed by atoms with Gasteiger partial charge in [-0.3, -0.25) is 4.79 Å². The minimum atomic E-state index is -0.490. The zero-order valence-electron chi connectivity index (χ0n) is 11.8. The van der Waals surface area contributed by atoms with E-state index >= 15 is 0 Å². The molecule has 2 aromatic carbocycles. The normalized spacial score (nSPS) is 10.1. The molecule has 0 aliphatic heterocycles. The van der Waals surface area contributed by atoms with Crippen molar-refractivity contribution in [1.29, 1.82) is 0 Å². The van der Waals surface area contributed by atoms with Crippen molar-refractivity contribution in [2.24, 2.45) is 0 Å². The Morgan fingerprint density at radius 1 is 1.27 bits per heavy atom. The molecule has 0 aliphatic carbocycles. The molecule has 1 amide bonds. The van der Waals surface area contributed by atoms with E-state index in [1.54, 1.807) is 36.4 Å². The maximum absolute atomic E-state index is 13.6. The minimum Gasteiger partial charge on any atom is -0.490 e. The van der Waals surface area contributed by atoms with Gasteiger partial charge in [-0.1, -0.05) is 30.3 Å². The van der Waals surface area contributed by atoms with Gasteiger partial charge in [-0.15, -0.1) is 0 Å². The highest BCUT2D eigenvalue weighted by Crippen LogP contribution is 2.18. The summed E-state index contributed by atoms with van der Waals surface area (Å²) in [4.78, 5) is 11.9. The number of halogens is 2. The van der Waals surface area contributed by atoms with Crippen LogP contribution in [0.1, 0.15) is 5.56 Å². The van der Waals surface area contributed by atoms with Crippen molar-refractivity contribution in [3.05, 3.63) is 71.5 Å². The molecule has 22 heavy (non-hydrogen) atoms. The molecule has 0 radical (unpaired) electrons. The third-order valence-corrected chi connectivity index (χ3v) is 3.11. The van der Waals surface area contributed by atoms with Crippen LogP contribution in [0.3, 0.4) is 0 Å². The molecule has 0 spiro atoms. The van der Waals surface area contributed by atoms with Gasteiger partial charge in [0.1, 0.15) is 18.2 Å². The summed E-state index contributed by atoms with van der Waals surface area (Å²) in [5.41, 5.74) is 0.915. The molecule has 5 heteroatoms. The van der Waals surface area contributed by atoms with Crippen molar-refractivity contribution >= 4 is 23.2 Å². The van der Waals surface area contributed by atoms with Gasteiger partial charge in [-0.05, 0) is 42.0 Å². The van der Waals surface area contributed by atoms with Crippen LogP contribution in [0.15, 0.2) is 55.1 Å². The summed E-state index contributed by atoms with van der Waals surface area (Å²) in [6.07, 6.45) is 1.59. The number of hydrogen-bond acceptors (Lipinski definition) is 2. The van der Waals surface area contributed by atoms with Gasteiger partial charge in [0, 0.05) is 10.7 Å². The summed E-state index contributed by atoms with van der Waals surface area (Å²) in [7, 11) is 0. The Morgan fingerprint density at radius 3 is 2.64 bits per heavy atom. The number of anilines is 1. The molecule has 0 aliphatic rings. The first-order valence-corrected chi connectivity index (χ1v) is 7.04. The van der Waals surface area contributed by atoms with Gasteiger partial charge >= 0.3 is 0 Å². The van der Waals surface area contributed by atoms with Crippen LogP contribution in [0.4, 0.5) is 10.1 Å². The van der Waals surface area contributed by atoms with E-state index in [1.807, 2.05) is 0 Å². The second-order valence-corrected chi connectivity index (χ2v) is 5.02. The highest BCUT2D eigenvalue weighted by Gasteiger charge is 2.09. The molecule has 0 bridgehead atoms. The van der Waals surface area contributed by atoms with Crippen molar-refractivity contribution in [3.8, 4) is 5.75 Å². The van der Waals surface area contributed by atoms with Crippen LogP contribution in [0.2, 0.25) is 5.02 Å². The van der Waals surface area contributed by atoms with Crippen LogP contribution >= 0.6 is 11.6 Å². The number of rotatable bonds is 6. The second kappa shape index (κ2) is 7.61. The largest absolute Gasteiger partial charge is 0.490 e. The maximum Gasteiger partial charge on any atom is 0.228 e. The van der Waals surface area contributed by atoms with Gasteiger partial charge in [0.15, 0.2) is 0 Å². The fraction of sp³-hybridized carbons (Fsp3) is 0.118. The zero-order valence-corrected chi connectivity index (χ0v) is 12.6. The van der Waals surface area contributed by atoms with Crippen molar-refractivity contribution in [1.82, 2.24) is 0 Å². The first kappa shape index (κ1) is 16.0. The number of amides is 1. The van der Waals surface area contributed by atoms with E-state index in [9.17, 15) is 9.18 Å². The Hall–Kier alpha value is -2.33. The van der Waals surface area contributed by atoms with Gasteiger partial charge in [-0.25, -0.2) is 4.39 Å². The average molecular weight is 320 g/mol. The average Bonchev–Trinajstić information content (AvgIpc) is 2.49. The third-order valence-electron chi connectivity index (χ3n) is 2.87. The van der Waals surface area contributed by atoms with Crippen molar-refractivity contribution in [2.75, 3.05) is 11.9 Å². The summed E-state index contributed by atoms with van der Waals surface area (Å²) < 4.78 is 19.0. The van der Waals surface area contributed by atoms with Crippen LogP contribution < -0.4 is 10.1 Å². The Morgan fingerprint density at radius 2 is 2.00 bits per heavy atom. The van der Waals surface area contributed by atoms with Gasteiger partial charge in [0.25, 0.3) is 0 Å². The molecule has 0 atom stereocenters. The van der Waals surface area contributed by atoms with Crippen LogP contribution in [0.25, 0.3) is 0 Å². The number of hydrogen-bond donors (Lipinski definition) is 1. The number of carbonyl (C=O) groups excluding carboxylic acids is 1. The van der Waals surface area contributed by atoms with Gasteiger partial charge in [0.2, 0.25) is 5.91 Å². The molecule has 0 heterocycles. The molecular weight excluding hydrogens is 305 g/mol. The molecule has 0 saturated carbocycles. The summed E-state index contributed by atoms with van der Waals surface area (Å²) in [5.74, 6) is -0.113. The van der Waals surface area contributed by atoms with Crippen LogP contribution in [0.5, 0.6) is 5.75 Å². The standard InChI is InChI=1S/C17H15ClFNO2/c1-2-9-22-15-7-5-14(6-8-15)20-17(21)10-12-3-4-13(18)11-16(12)19/h2-8,11H,1,9-10H2,(H,20,21). The maximum atomic E-state index is 13.6. The zero-order chi connectivity index (χ0) is 15.9. The summed E-state index contributed by atoms with van der Waals surface area (Å²) >= 11 is 5.68. The quantitative estimate of drug-likeness (QED) is 0.809. The van der Waals surface area contributed by atoms with Crippen LogP contribution in [-0.4, -0.2) is 12.5 Å². The Bertz CT molecular complexity index is 671. The van der Waals surface area contributed by atoms with E-state index in [-0.39, 0.29) is 12.3 Å². The van der Waals surface area contributed by atoms with E-state index in [1.165, 1.54) is 12.1 Å². The Kier molecular flexibility index (Phi) is 5.55. The topological polar surface area (TPSA) is 38.3 Å². The minimum absolute atomic E-state index is 0.0578.